The molecular weight excluding hydrogens is 220 g/mol. The van der Waals surface area contributed by atoms with Gasteiger partial charge in [-0.05, 0) is 12.1 Å². The first-order valence-electron chi connectivity index (χ1n) is 5.66. The monoisotopic (exact) mass is 234 g/mol. The Hall–Kier alpha value is -1.66. The first-order valence-corrected chi connectivity index (χ1v) is 5.66. The van der Waals surface area contributed by atoms with Crippen molar-refractivity contribution in [3.05, 3.63) is 24.4 Å². The normalized spacial score (nSPS) is 20.6. The van der Waals surface area contributed by atoms with E-state index in [0.717, 1.165) is 5.65 Å². The van der Waals surface area contributed by atoms with Crippen molar-refractivity contribution in [1.82, 2.24) is 14.6 Å². The molecular formula is C11H14N4O2. The van der Waals surface area contributed by atoms with Crippen molar-refractivity contribution in [3.63, 3.8) is 0 Å². The number of nitrogens with zero attached hydrogens (tertiary/aromatic N) is 3. The molecule has 1 aliphatic heterocycles. The lowest BCUT2D eigenvalue weighted by Gasteiger charge is -2.22. The van der Waals surface area contributed by atoms with Gasteiger partial charge in [-0.2, -0.15) is 4.98 Å². The van der Waals surface area contributed by atoms with Crippen LogP contribution in [0.2, 0.25) is 0 Å². The lowest BCUT2D eigenvalue weighted by atomic mass is 10.3. The highest BCUT2D eigenvalue weighted by Crippen LogP contribution is 2.06. The maximum Gasteiger partial charge on any atom is 0.243 e. The zero-order valence-electron chi connectivity index (χ0n) is 9.37. The molecule has 0 amide bonds. The number of ether oxygens (including phenoxy) is 2. The van der Waals surface area contributed by atoms with Crippen LogP contribution in [-0.2, 0) is 9.47 Å². The Morgan fingerprint density at radius 3 is 3.24 bits per heavy atom. The fraction of sp³-hybridized carbons (Fsp3) is 0.455. The fourth-order valence-electron chi connectivity index (χ4n) is 1.77. The summed E-state index contributed by atoms with van der Waals surface area (Å²) in [6.07, 6.45) is 1.95. The Labute approximate surface area is 98.6 Å². The maximum atomic E-state index is 5.52. The summed E-state index contributed by atoms with van der Waals surface area (Å²) >= 11 is 0. The van der Waals surface area contributed by atoms with Crippen molar-refractivity contribution in [2.45, 2.75) is 6.10 Å². The molecule has 6 nitrogen and oxygen atoms in total. The van der Waals surface area contributed by atoms with Crippen LogP contribution < -0.4 is 5.32 Å². The van der Waals surface area contributed by atoms with E-state index in [9.17, 15) is 0 Å². The van der Waals surface area contributed by atoms with Gasteiger partial charge in [-0.25, -0.2) is 4.52 Å². The van der Waals surface area contributed by atoms with E-state index in [4.69, 9.17) is 9.47 Å². The Bertz CT molecular complexity index is 460. The van der Waals surface area contributed by atoms with E-state index in [1.807, 2.05) is 24.4 Å². The van der Waals surface area contributed by atoms with Crippen molar-refractivity contribution in [2.75, 3.05) is 31.7 Å². The van der Waals surface area contributed by atoms with E-state index in [1.165, 1.54) is 0 Å². The average molecular weight is 234 g/mol. The van der Waals surface area contributed by atoms with Crippen LogP contribution in [0.25, 0.3) is 5.65 Å². The van der Waals surface area contributed by atoms with Crippen molar-refractivity contribution in [2.24, 2.45) is 0 Å². The Kier molecular flexibility index (Phi) is 2.89. The lowest BCUT2D eigenvalue weighted by Crippen LogP contribution is -2.34. The summed E-state index contributed by atoms with van der Waals surface area (Å²) in [6.45, 7) is 2.63. The van der Waals surface area contributed by atoms with Crippen LogP contribution in [0.1, 0.15) is 0 Å². The second-order valence-electron chi connectivity index (χ2n) is 3.89. The second-order valence-corrected chi connectivity index (χ2v) is 3.89. The number of hydrogen-bond acceptors (Lipinski definition) is 5. The van der Waals surface area contributed by atoms with Crippen molar-refractivity contribution in [1.29, 1.82) is 0 Å². The molecule has 3 rings (SSSR count). The molecule has 1 atom stereocenters. The van der Waals surface area contributed by atoms with Gasteiger partial charge in [0.25, 0.3) is 0 Å². The molecule has 0 aromatic carbocycles. The lowest BCUT2D eigenvalue weighted by molar-refractivity contribution is -0.0819. The van der Waals surface area contributed by atoms with E-state index >= 15 is 0 Å². The molecule has 1 unspecified atom stereocenters. The van der Waals surface area contributed by atoms with Gasteiger partial charge in [0.05, 0.1) is 25.9 Å². The molecule has 0 aliphatic carbocycles. The third-order valence-corrected chi connectivity index (χ3v) is 2.61. The molecule has 1 N–H and O–H groups in total. The molecule has 3 heterocycles. The summed E-state index contributed by atoms with van der Waals surface area (Å²) in [5.41, 5.74) is 0.829. The minimum atomic E-state index is 0.0790. The minimum absolute atomic E-state index is 0.0790. The third kappa shape index (κ3) is 2.37. The minimum Gasteiger partial charge on any atom is -0.376 e. The van der Waals surface area contributed by atoms with E-state index in [0.29, 0.717) is 32.3 Å². The fourth-order valence-corrected chi connectivity index (χ4v) is 1.77. The summed E-state index contributed by atoms with van der Waals surface area (Å²) in [6, 6.07) is 5.77. The van der Waals surface area contributed by atoms with Gasteiger partial charge in [-0.15, -0.1) is 5.10 Å². The van der Waals surface area contributed by atoms with Gasteiger partial charge < -0.3 is 14.8 Å². The molecule has 0 spiro atoms. The zero-order valence-corrected chi connectivity index (χ0v) is 9.37. The Morgan fingerprint density at radius 1 is 1.41 bits per heavy atom. The number of hydrogen-bond donors (Lipinski definition) is 1. The topological polar surface area (TPSA) is 60.7 Å². The second kappa shape index (κ2) is 4.68. The standard InChI is InChI=1S/C11H14N4O2/c1-2-4-15-10(3-1)13-11(14-15)12-7-9-8-16-5-6-17-9/h1-4,9H,5-8H2,(H,12,14). The van der Waals surface area contributed by atoms with E-state index < -0.39 is 0 Å². The van der Waals surface area contributed by atoms with Crippen LogP contribution in [0, 0.1) is 0 Å². The largest absolute Gasteiger partial charge is 0.376 e. The Morgan fingerprint density at radius 2 is 2.41 bits per heavy atom. The van der Waals surface area contributed by atoms with Crippen molar-refractivity contribution in [3.8, 4) is 0 Å². The quantitative estimate of drug-likeness (QED) is 0.840. The van der Waals surface area contributed by atoms with Crippen molar-refractivity contribution >= 4 is 11.6 Å². The van der Waals surface area contributed by atoms with Crippen LogP contribution in [0.4, 0.5) is 5.95 Å². The van der Waals surface area contributed by atoms with Crippen LogP contribution in [0.5, 0.6) is 0 Å². The molecule has 2 aromatic heterocycles. The van der Waals surface area contributed by atoms with Crippen LogP contribution in [0.15, 0.2) is 24.4 Å². The zero-order chi connectivity index (χ0) is 11.5. The number of aromatic nitrogens is 3. The molecule has 90 valence electrons. The summed E-state index contributed by atoms with van der Waals surface area (Å²) in [4.78, 5) is 4.34. The summed E-state index contributed by atoms with van der Waals surface area (Å²) in [5.74, 6) is 0.616. The average Bonchev–Trinajstić information content (AvgIpc) is 2.80. The predicted octanol–water partition coefficient (Wildman–Crippen LogP) is 0.557. The number of pyridine rings is 1. The predicted molar refractivity (Wildman–Crippen MR) is 62.0 cm³/mol. The third-order valence-electron chi connectivity index (χ3n) is 2.61. The molecule has 0 saturated carbocycles. The van der Waals surface area contributed by atoms with Crippen LogP contribution in [0.3, 0.4) is 0 Å². The van der Waals surface area contributed by atoms with Crippen molar-refractivity contribution < 1.29 is 9.47 Å². The van der Waals surface area contributed by atoms with E-state index in [1.54, 1.807) is 4.52 Å². The number of anilines is 1. The van der Waals surface area contributed by atoms with E-state index in [-0.39, 0.29) is 6.10 Å². The number of rotatable bonds is 3. The van der Waals surface area contributed by atoms with Gasteiger partial charge in [0.2, 0.25) is 5.95 Å². The highest BCUT2D eigenvalue weighted by Gasteiger charge is 2.14. The molecule has 17 heavy (non-hydrogen) atoms. The number of nitrogens with one attached hydrogen (secondary N) is 1. The van der Waals surface area contributed by atoms with Gasteiger partial charge in [-0.1, -0.05) is 6.07 Å². The molecule has 0 radical (unpaired) electrons. The smallest absolute Gasteiger partial charge is 0.243 e. The molecule has 1 fully saturated rings. The number of fused-ring (bicyclic) bond motifs is 1. The van der Waals surface area contributed by atoms with Gasteiger partial charge in [0.15, 0.2) is 5.65 Å². The summed E-state index contributed by atoms with van der Waals surface area (Å²) in [5, 5.41) is 7.45. The van der Waals surface area contributed by atoms with Crippen LogP contribution >= 0.6 is 0 Å². The van der Waals surface area contributed by atoms with Gasteiger partial charge in [0, 0.05) is 12.7 Å². The molecule has 6 heteroatoms. The summed E-state index contributed by atoms with van der Waals surface area (Å²) in [7, 11) is 0. The highest BCUT2D eigenvalue weighted by atomic mass is 16.6. The maximum absolute atomic E-state index is 5.52. The SMILES string of the molecule is c1ccn2nc(NCC3COCCO3)nc2c1. The molecule has 1 aliphatic rings. The summed E-state index contributed by atoms with van der Waals surface area (Å²) < 4.78 is 12.6. The van der Waals surface area contributed by atoms with E-state index in [2.05, 4.69) is 15.4 Å². The Balaban J connectivity index is 1.64. The first-order chi connectivity index (χ1) is 8.42. The van der Waals surface area contributed by atoms with Crippen LogP contribution in [-0.4, -0.2) is 47.1 Å². The highest BCUT2D eigenvalue weighted by molar-refractivity contribution is 5.42. The molecule has 0 bridgehead atoms. The first kappa shape index (κ1) is 10.5. The van der Waals surface area contributed by atoms with Gasteiger partial charge >= 0.3 is 0 Å². The van der Waals surface area contributed by atoms with Gasteiger partial charge in [0.1, 0.15) is 0 Å². The molecule has 1 saturated heterocycles. The van der Waals surface area contributed by atoms with Gasteiger partial charge in [-0.3, -0.25) is 0 Å². The molecule has 2 aromatic rings.